The van der Waals surface area contributed by atoms with Gasteiger partial charge < -0.3 is 20.6 Å². The molecule has 1 saturated heterocycles. The van der Waals surface area contributed by atoms with Crippen molar-refractivity contribution in [3.05, 3.63) is 23.5 Å². The maximum Gasteiger partial charge on any atom is 0.340 e. The first-order valence-electron chi connectivity index (χ1n) is 7.11. The number of nitrogens with two attached hydrogens (primary N) is 1. The summed E-state index contributed by atoms with van der Waals surface area (Å²) in [6, 6.07) is 2.71. The van der Waals surface area contributed by atoms with Gasteiger partial charge in [-0.05, 0) is 51.0 Å². The first-order chi connectivity index (χ1) is 9.90. The molecule has 5 nitrogen and oxygen atoms in total. The van der Waals surface area contributed by atoms with Crippen molar-refractivity contribution in [2.24, 2.45) is 5.92 Å². The normalized spacial score (nSPS) is 16.9. The number of nitrogen functional groups attached to an aromatic ring is 1. The Kier molecular flexibility index (Phi) is 4.67. The van der Waals surface area contributed by atoms with Crippen molar-refractivity contribution >= 4 is 17.3 Å². The predicted octanol–water partition coefficient (Wildman–Crippen LogP) is 1.88. The van der Waals surface area contributed by atoms with Gasteiger partial charge in [0.1, 0.15) is 11.4 Å². The second kappa shape index (κ2) is 6.30. The van der Waals surface area contributed by atoms with E-state index in [2.05, 4.69) is 11.9 Å². The molecule has 1 aliphatic heterocycles. The smallest absolute Gasteiger partial charge is 0.340 e. The topological polar surface area (TPSA) is 69.8 Å². The van der Waals surface area contributed by atoms with E-state index in [0.717, 1.165) is 32.5 Å². The second-order valence-corrected chi connectivity index (χ2v) is 5.79. The molecule has 1 aromatic rings. The van der Waals surface area contributed by atoms with Crippen molar-refractivity contribution in [2.75, 3.05) is 44.4 Å². The minimum Gasteiger partial charge on any atom is -0.478 e. The van der Waals surface area contributed by atoms with Crippen molar-refractivity contribution in [3.8, 4) is 0 Å². The zero-order chi connectivity index (χ0) is 15.6. The van der Waals surface area contributed by atoms with E-state index in [4.69, 9.17) is 5.73 Å². The Bertz CT molecular complexity index is 528. The van der Waals surface area contributed by atoms with Crippen LogP contribution >= 0.6 is 0 Å². The van der Waals surface area contributed by atoms with Crippen molar-refractivity contribution < 1.29 is 14.3 Å². The van der Waals surface area contributed by atoms with Crippen LogP contribution in [0.15, 0.2) is 12.1 Å². The standard InChI is InChI=1S/C15H22FN3O2/c1-18-7-5-10(6-8-18)9-19(2)12-4-3-11(16)14(17)13(12)15(20)21/h3-4,10H,5-9,17H2,1-2H3,(H,20,21). The Hall–Kier alpha value is -1.82. The third kappa shape index (κ3) is 3.44. The van der Waals surface area contributed by atoms with Crippen LogP contribution in [-0.2, 0) is 0 Å². The van der Waals surface area contributed by atoms with Crippen molar-refractivity contribution in [1.82, 2.24) is 4.90 Å². The average Bonchev–Trinajstić information content (AvgIpc) is 2.43. The molecule has 0 radical (unpaired) electrons. The van der Waals surface area contributed by atoms with Gasteiger partial charge in [0.25, 0.3) is 0 Å². The summed E-state index contributed by atoms with van der Waals surface area (Å²) in [7, 11) is 3.93. The molecular weight excluding hydrogens is 273 g/mol. The van der Waals surface area contributed by atoms with Gasteiger partial charge in [-0.2, -0.15) is 0 Å². The molecule has 0 aromatic heterocycles. The molecule has 0 spiro atoms. The molecule has 116 valence electrons. The highest BCUT2D eigenvalue weighted by Crippen LogP contribution is 2.29. The van der Waals surface area contributed by atoms with Crippen molar-refractivity contribution in [3.63, 3.8) is 0 Å². The predicted molar refractivity (Wildman–Crippen MR) is 81.3 cm³/mol. The van der Waals surface area contributed by atoms with Gasteiger partial charge in [-0.1, -0.05) is 0 Å². The monoisotopic (exact) mass is 295 g/mol. The van der Waals surface area contributed by atoms with Crippen LogP contribution in [0.3, 0.4) is 0 Å². The van der Waals surface area contributed by atoms with Crippen LogP contribution < -0.4 is 10.6 Å². The van der Waals surface area contributed by atoms with Gasteiger partial charge in [0.2, 0.25) is 0 Å². The summed E-state index contributed by atoms with van der Waals surface area (Å²) in [5.74, 6) is -1.37. The van der Waals surface area contributed by atoms with Crippen LogP contribution in [0.25, 0.3) is 0 Å². The van der Waals surface area contributed by atoms with E-state index in [1.807, 2.05) is 11.9 Å². The molecule has 3 N–H and O–H groups in total. The van der Waals surface area contributed by atoms with Crippen LogP contribution in [0.2, 0.25) is 0 Å². The number of hydrogen-bond donors (Lipinski definition) is 2. The minimum atomic E-state index is -1.20. The number of halogens is 1. The van der Waals surface area contributed by atoms with Gasteiger partial charge in [0, 0.05) is 13.6 Å². The highest BCUT2D eigenvalue weighted by molar-refractivity contribution is 6.00. The van der Waals surface area contributed by atoms with E-state index in [1.165, 1.54) is 12.1 Å². The zero-order valence-corrected chi connectivity index (χ0v) is 12.5. The van der Waals surface area contributed by atoms with Gasteiger partial charge in [-0.25, -0.2) is 9.18 Å². The van der Waals surface area contributed by atoms with Gasteiger partial charge in [-0.3, -0.25) is 0 Å². The zero-order valence-electron chi connectivity index (χ0n) is 12.5. The number of piperidine rings is 1. The molecule has 2 rings (SSSR count). The van der Waals surface area contributed by atoms with E-state index in [-0.39, 0.29) is 11.3 Å². The van der Waals surface area contributed by atoms with E-state index in [0.29, 0.717) is 11.6 Å². The van der Waals surface area contributed by atoms with Crippen molar-refractivity contribution in [2.45, 2.75) is 12.8 Å². The molecule has 1 aliphatic rings. The van der Waals surface area contributed by atoms with Gasteiger partial charge in [-0.15, -0.1) is 0 Å². The summed E-state index contributed by atoms with van der Waals surface area (Å²) in [6.07, 6.45) is 2.17. The molecule has 1 fully saturated rings. The summed E-state index contributed by atoms with van der Waals surface area (Å²) >= 11 is 0. The second-order valence-electron chi connectivity index (χ2n) is 5.79. The lowest BCUT2D eigenvalue weighted by atomic mass is 9.96. The van der Waals surface area contributed by atoms with Gasteiger partial charge in [0.05, 0.1) is 11.4 Å². The highest BCUT2D eigenvalue weighted by Gasteiger charge is 2.23. The van der Waals surface area contributed by atoms with Crippen LogP contribution in [-0.4, -0.2) is 49.7 Å². The lowest BCUT2D eigenvalue weighted by Gasteiger charge is -2.33. The lowest BCUT2D eigenvalue weighted by molar-refractivity contribution is 0.0698. The Morgan fingerprint density at radius 1 is 1.48 bits per heavy atom. The average molecular weight is 295 g/mol. The number of likely N-dealkylation sites (tertiary alicyclic amines) is 1. The fraction of sp³-hybridized carbons (Fsp3) is 0.533. The number of carboxylic acid groups (broad SMARTS) is 1. The fourth-order valence-corrected chi connectivity index (χ4v) is 2.86. The molecule has 1 heterocycles. The Morgan fingerprint density at radius 2 is 2.10 bits per heavy atom. The van der Waals surface area contributed by atoms with E-state index >= 15 is 0 Å². The number of aromatic carboxylic acids is 1. The number of hydrogen-bond acceptors (Lipinski definition) is 4. The largest absolute Gasteiger partial charge is 0.478 e. The minimum absolute atomic E-state index is 0.148. The third-order valence-corrected chi connectivity index (χ3v) is 4.17. The number of carbonyl (C=O) groups is 1. The molecule has 1 aromatic carbocycles. The van der Waals surface area contributed by atoms with Crippen LogP contribution in [0.1, 0.15) is 23.2 Å². The third-order valence-electron chi connectivity index (χ3n) is 4.17. The maximum absolute atomic E-state index is 13.5. The SMILES string of the molecule is CN1CCC(CN(C)c2ccc(F)c(N)c2C(=O)O)CC1. The van der Waals surface area contributed by atoms with Gasteiger partial charge in [0.15, 0.2) is 0 Å². The molecule has 21 heavy (non-hydrogen) atoms. The Morgan fingerprint density at radius 3 is 2.67 bits per heavy atom. The highest BCUT2D eigenvalue weighted by atomic mass is 19.1. The van der Waals surface area contributed by atoms with Crippen LogP contribution in [0.4, 0.5) is 15.8 Å². The lowest BCUT2D eigenvalue weighted by Crippen LogP contribution is -2.36. The van der Waals surface area contributed by atoms with E-state index in [1.54, 1.807) is 0 Å². The first-order valence-corrected chi connectivity index (χ1v) is 7.11. The number of anilines is 2. The summed E-state index contributed by atoms with van der Waals surface area (Å²) in [5, 5.41) is 9.28. The molecule has 0 bridgehead atoms. The summed E-state index contributed by atoms with van der Waals surface area (Å²) in [5.41, 5.74) is 5.61. The molecule has 0 atom stereocenters. The number of rotatable bonds is 4. The molecule has 0 amide bonds. The maximum atomic E-state index is 13.5. The quantitative estimate of drug-likeness (QED) is 0.830. The molecule has 0 aliphatic carbocycles. The van der Waals surface area contributed by atoms with Gasteiger partial charge >= 0.3 is 5.97 Å². The van der Waals surface area contributed by atoms with Crippen LogP contribution in [0, 0.1) is 11.7 Å². The first kappa shape index (κ1) is 15.6. The Labute approximate surface area is 124 Å². The number of carboxylic acids is 1. The number of nitrogens with zero attached hydrogens (tertiary/aromatic N) is 2. The summed E-state index contributed by atoms with van der Waals surface area (Å²) in [4.78, 5) is 15.5. The van der Waals surface area contributed by atoms with E-state index < -0.39 is 11.8 Å². The summed E-state index contributed by atoms with van der Waals surface area (Å²) < 4.78 is 13.5. The number of benzene rings is 1. The fourth-order valence-electron chi connectivity index (χ4n) is 2.86. The van der Waals surface area contributed by atoms with E-state index in [9.17, 15) is 14.3 Å². The summed E-state index contributed by atoms with van der Waals surface area (Å²) in [6.45, 7) is 2.85. The Balaban J connectivity index is 2.17. The molecular formula is C15H22FN3O2. The molecule has 0 saturated carbocycles. The van der Waals surface area contributed by atoms with Crippen LogP contribution in [0.5, 0.6) is 0 Å². The van der Waals surface area contributed by atoms with Crippen molar-refractivity contribution in [1.29, 1.82) is 0 Å². The molecule has 0 unspecified atom stereocenters. The molecule has 6 heteroatoms.